The van der Waals surface area contributed by atoms with Crippen molar-refractivity contribution in [1.29, 1.82) is 0 Å². The molecule has 2 aromatic rings. The van der Waals surface area contributed by atoms with Gasteiger partial charge in [0.2, 0.25) is 5.91 Å². The van der Waals surface area contributed by atoms with E-state index in [1.807, 2.05) is 30.3 Å². The summed E-state index contributed by atoms with van der Waals surface area (Å²) in [6.45, 7) is 1.29. The lowest BCUT2D eigenvalue weighted by molar-refractivity contribution is -0.131. The van der Waals surface area contributed by atoms with E-state index in [-0.39, 0.29) is 0 Å². The van der Waals surface area contributed by atoms with E-state index >= 15 is 0 Å². The second-order valence-corrected chi connectivity index (χ2v) is 5.24. The maximum atomic E-state index is 12.3. The molecule has 0 aliphatic heterocycles. The first kappa shape index (κ1) is 17.2. The number of hydrogen-bond acceptors (Lipinski definition) is 4. The van der Waals surface area contributed by atoms with Gasteiger partial charge in [0.1, 0.15) is 11.8 Å². The molecule has 24 heavy (non-hydrogen) atoms. The zero-order valence-corrected chi connectivity index (χ0v) is 13.2. The first-order valence-electron chi connectivity index (χ1n) is 7.38. The average molecular weight is 326 g/mol. The fraction of sp³-hybridized carbons (Fsp3) is 0.167. The minimum Gasteiger partial charge on any atom is -0.427 e. The van der Waals surface area contributed by atoms with Gasteiger partial charge in [-0.2, -0.15) is 0 Å². The van der Waals surface area contributed by atoms with Gasteiger partial charge in [-0.05, 0) is 29.8 Å². The second-order valence-electron chi connectivity index (χ2n) is 5.24. The van der Waals surface area contributed by atoms with E-state index in [9.17, 15) is 14.4 Å². The number of nitrogens with two attached hydrogens (primary N) is 1. The van der Waals surface area contributed by atoms with E-state index in [1.165, 1.54) is 31.2 Å². The van der Waals surface area contributed by atoms with Crippen molar-refractivity contribution in [3.8, 4) is 5.75 Å². The number of esters is 1. The molecule has 0 aromatic heterocycles. The van der Waals surface area contributed by atoms with E-state index in [2.05, 4.69) is 5.32 Å². The number of rotatable bonds is 6. The molecular weight excluding hydrogens is 308 g/mol. The van der Waals surface area contributed by atoms with Crippen molar-refractivity contribution < 1.29 is 19.1 Å². The lowest BCUT2D eigenvalue weighted by Crippen LogP contribution is -2.45. The maximum absolute atomic E-state index is 12.3. The Bertz CT molecular complexity index is 726. The number of primary amides is 1. The van der Waals surface area contributed by atoms with Crippen LogP contribution in [0.3, 0.4) is 0 Å². The lowest BCUT2D eigenvalue weighted by atomic mass is 10.0. The highest BCUT2D eigenvalue weighted by Crippen LogP contribution is 2.13. The molecule has 0 heterocycles. The predicted octanol–water partition coefficient (Wildman–Crippen LogP) is 1.44. The van der Waals surface area contributed by atoms with Crippen molar-refractivity contribution in [2.45, 2.75) is 19.4 Å². The summed E-state index contributed by atoms with van der Waals surface area (Å²) in [6.07, 6.45) is 0.313. The van der Waals surface area contributed by atoms with Crippen LogP contribution in [0.25, 0.3) is 0 Å². The molecular formula is C18H18N2O4. The molecule has 2 aromatic carbocycles. The Morgan fingerprint density at radius 1 is 1.04 bits per heavy atom. The molecule has 0 saturated carbocycles. The Labute approximate surface area is 139 Å². The lowest BCUT2D eigenvalue weighted by Gasteiger charge is -2.15. The molecule has 6 nitrogen and oxygen atoms in total. The van der Waals surface area contributed by atoms with Gasteiger partial charge in [0, 0.05) is 18.9 Å². The summed E-state index contributed by atoms with van der Waals surface area (Å²) in [7, 11) is 0. The fourth-order valence-corrected chi connectivity index (χ4v) is 2.15. The van der Waals surface area contributed by atoms with Crippen molar-refractivity contribution in [3.63, 3.8) is 0 Å². The molecule has 0 spiro atoms. The molecule has 0 unspecified atom stereocenters. The van der Waals surface area contributed by atoms with Crippen LogP contribution >= 0.6 is 0 Å². The van der Waals surface area contributed by atoms with Gasteiger partial charge in [-0.1, -0.05) is 30.3 Å². The number of amides is 2. The number of carbonyl (C=O) groups excluding carboxylic acids is 3. The number of ether oxygens (including phenoxy) is 1. The molecule has 0 saturated heterocycles. The van der Waals surface area contributed by atoms with Gasteiger partial charge in [0.15, 0.2) is 0 Å². The van der Waals surface area contributed by atoms with Gasteiger partial charge >= 0.3 is 5.97 Å². The molecule has 0 bridgehead atoms. The molecule has 124 valence electrons. The normalized spacial score (nSPS) is 11.4. The summed E-state index contributed by atoms with van der Waals surface area (Å²) in [5, 5.41) is 2.62. The fourth-order valence-electron chi connectivity index (χ4n) is 2.15. The summed E-state index contributed by atoms with van der Waals surface area (Å²) in [5.41, 5.74) is 6.61. The Balaban J connectivity index is 2.05. The Morgan fingerprint density at radius 2 is 1.67 bits per heavy atom. The van der Waals surface area contributed by atoms with Crippen molar-refractivity contribution in [1.82, 2.24) is 5.32 Å². The molecule has 0 radical (unpaired) electrons. The van der Waals surface area contributed by atoms with E-state index in [1.54, 1.807) is 0 Å². The van der Waals surface area contributed by atoms with Crippen LogP contribution in [0, 0.1) is 0 Å². The van der Waals surface area contributed by atoms with Crippen LogP contribution in [0.5, 0.6) is 5.75 Å². The minimum absolute atomic E-state index is 0.313. The smallest absolute Gasteiger partial charge is 0.308 e. The van der Waals surface area contributed by atoms with E-state index < -0.39 is 23.8 Å². The Morgan fingerprint density at radius 3 is 2.21 bits per heavy atom. The monoisotopic (exact) mass is 326 g/mol. The maximum Gasteiger partial charge on any atom is 0.308 e. The molecule has 0 fully saturated rings. The molecule has 0 aliphatic rings. The van der Waals surface area contributed by atoms with E-state index in [4.69, 9.17) is 10.5 Å². The minimum atomic E-state index is -0.812. The van der Waals surface area contributed by atoms with Gasteiger partial charge in [-0.15, -0.1) is 0 Å². The number of hydrogen-bond donors (Lipinski definition) is 2. The number of benzene rings is 2. The Hall–Kier alpha value is -3.15. The van der Waals surface area contributed by atoms with Crippen LogP contribution < -0.4 is 15.8 Å². The summed E-state index contributed by atoms with van der Waals surface area (Å²) in [4.78, 5) is 34.7. The predicted molar refractivity (Wildman–Crippen MR) is 88.3 cm³/mol. The summed E-state index contributed by atoms with van der Waals surface area (Å²) in [5.74, 6) is -1.13. The van der Waals surface area contributed by atoms with Crippen LogP contribution in [-0.2, 0) is 16.0 Å². The first-order chi connectivity index (χ1) is 11.5. The number of nitrogens with one attached hydrogen (secondary N) is 1. The van der Waals surface area contributed by atoms with E-state index in [0.29, 0.717) is 17.7 Å². The Kier molecular flexibility index (Phi) is 5.68. The van der Waals surface area contributed by atoms with Gasteiger partial charge < -0.3 is 15.8 Å². The second kappa shape index (κ2) is 7.92. The van der Waals surface area contributed by atoms with E-state index in [0.717, 1.165) is 5.56 Å². The van der Waals surface area contributed by atoms with Gasteiger partial charge in [-0.25, -0.2) is 0 Å². The topological polar surface area (TPSA) is 98.5 Å². The summed E-state index contributed by atoms with van der Waals surface area (Å²) < 4.78 is 4.90. The van der Waals surface area contributed by atoms with Crippen molar-refractivity contribution in [2.24, 2.45) is 5.73 Å². The highest BCUT2D eigenvalue weighted by atomic mass is 16.5. The van der Waals surface area contributed by atoms with Crippen molar-refractivity contribution >= 4 is 17.8 Å². The molecule has 6 heteroatoms. The quantitative estimate of drug-likeness (QED) is 0.620. The first-order valence-corrected chi connectivity index (χ1v) is 7.38. The third-order valence-corrected chi connectivity index (χ3v) is 3.31. The van der Waals surface area contributed by atoms with Crippen LogP contribution in [0.4, 0.5) is 0 Å². The highest BCUT2D eigenvalue weighted by Gasteiger charge is 2.19. The largest absolute Gasteiger partial charge is 0.427 e. The SMILES string of the molecule is CC(=O)Oc1ccc(C(=O)N[C@@H](Cc2ccccc2)C(N)=O)cc1. The zero-order valence-electron chi connectivity index (χ0n) is 13.2. The van der Waals surface area contributed by atoms with Crippen LogP contribution in [0.1, 0.15) is 22.8 Å². The molecule has 2 rings (SSSR count). The highest BCUT2D eigenvalue weighted by molar-refractivity contribution is 5.97. The molecule has 2 amide bonds. The summed E-state index contributed by atoms with van der Waals surface area (Å²) >= 11 is 0. The zero-order chi connectivity index (χ0) is 17.5. The van der Waals surface area contributed by atoms with Gasteiger partial charge in [0.05, 0.1) is 0 Å². The van der Waals surface area contributed by atoms with Gasteiger partial charge in [-0.3, -0.25) is 14.4 Å². The number of carbonyl (C=O) groups is 3. The molecule has 1 atom stereocenters. The van der Waals surface area contributed by atoms with Crippen LogP contribution in [0.2, 0.25) is 0 Å². The van der Waals surface area contributed by atoms with Gasteiger partial charge in [0.25, 0.3) is 5.91 Å². The molecule has 3 N–H and O–H groups in total. The van der Waals surface area contributed by atoms with Crippen LogP contribution in [0.15, 0.2) is 54.6 Å². The summed E-state index contributed by atoms with van der Waals surface area (Å²) in [6, 6.07) is 14.5. The average Bonchev–Trinajstić information content (AvgIpc) is 2.55. The third-order valence-electron chi connectivity index (χ3n) is 3.31. The van der Waals surface area contributed by atoms with Crippen molar-refractivity contribution in [3.05, 3.63) is 65.7 Å². The third kappa shape index (κ3) is 4.95. The standard InChI is InChI=1S/C18H18N2O4/c1-12(21)24-15-9-7-14(8-10-15)18(23)20-16(17(19)22)11-13-5-3-2-4-6-13/h2-10,16H,11H2,1H3,(H2,19,22)(H,20,23)/t16-/m0/s1. The van der Waals surface area contributed by atoms with Crippen LogP contribution in [-0.4, -0.2) is 23.8 Å². The van der Waals surface area contributed by atoms with Crippen molar-refractivity contribution in [2.75, 3.05) is 0 Å². The molecule has 0 aliphatic carbocycles.